The number of aliphatic hydroxyl groups is 1. The molecule has 0 fully saturated rings. The van der Waals surface area contributed by atoms with Gasteiger partial charge in [-0.3, -0.25) is 4.79 Å². The minimum atomic E-state index is -0.559. The van der Waals surface area contributed by atoms with Gasteiger partial charge >= 0.3 is 0 Å². The van der Waals surface area contributed by atoms with Gasteiger partial charge in [0, 0.05) is 12.3 Å². The van der Waals surface area contributed by atoms with Crippen molar-refractivity contribution in [2.45, 2.75) is 19.6 Å². The molecule has 5 heteroatoms. The average Bonchev–Trinajstić information content (AvgIpc) is 2.49. The minimum Gasteiger partial charge on any atom is -0.493 e. The SMILES string of the molecule is COc1cc([C@H](C)O)ccc1OCCn1ccccc1=O. The summed E-state index contributed by atoms with van der Waals surface area (Å²) in [7, 11) is 1.55. The van der Waals surface area contributed by atoms with Crippen molar-refractivity contribution in [2.75, 3.05) is 13.7 Å². The number of aliphatic hydroxyl groups excluding tert-OH is 1. The Hall–Kier alpha value is -2.27. The highest BCUT2D eigenvalue weighted by Crippen LogP contribution is 2.30. The number of hydrogen-bond donors (Lipinski definition) is 1. The molecule has 0 aliphatic heterocycles. The van der Waals surface area contributed by atoms with Crippen LogP contribution < -0.4 is 15.0 Å². The highest BCUT2D eigenvalue weighted by molar-refractivity contribution is 5.43. The van der Waals surface area contributed by atoms with E-state index in [0.717, 1.165) is 5.56 Å². The van der Waals surface area contributed by atoms with Crippen molar-refractivity contribution in [3.63, 3.8) is 0 Å². The van der Waals surface area contributed by atoms with Crippen molar-refractivity contribution in [1.82, 2.24) is 4.57 Å². The molecule has 2 rings (SSSR count). The van der Waals surface area contributed by atoms with E-state index in [4.69, 9.17) is 9.47 Å². The van der Waals surface area contributed by atoms with Crippen molar-refractivity contribution >= 4 is 0 Å². The smallest absolute Gasteiger partial charge is 0.250 e. The van der Waals surface area contributed by atoms with E-state index >= 15 is 0 Å². The van der Waals surface area contributed by atoms with Gasteiger partial charge in [0.05, 0.1) is 19.8 Å². The number of nitrogens with zero attached hydrogens (tertiary/aromatic N) is 1. The Kier molecular flexibility index (Phi) is 5.00. The summed E-state index contributed by atoms with van der Waals surface area (Å²) in [6, 6.07) is 10.3. The van der Waals surface area contributed by atoms with Gasteiger partial charge in [0.15, 0.2) is 11.5 Å². The van der Waals surface area contributed by atoms with Crippen LogP contribution in [0, 0.1) is 0 Å². The molecule has 0 radical (unpaired) electrons. The summed E-state index contributed by atoms with van der Waals surface area (Å²) in [4.78, 5) is 11.6. The highest BCUT2D eigenvalue weighted by atomic mass is 16.5. The number of rotatable bonds is 6. The van der Waals surface area contributed by atoms with Crippen LogP contribution in [-0.2, 0) is 6.54 Å². The Morgan fingerprint density at radius 1 is 1.24 bits per heavy atom. The maximum Gasteiger partial charge on any atom is 0.250 e. The van der Waals surface area contributed by atoms with Gasteiger partial charge in [-0.25, -0.2) is 0 Å². The molecule has 2 aromatic rings. The lowest BCUT2D eigenvalue weighted by Gasteiger charge is -2.13. The lowest BCUT2D eigenvalue weighted by Crippen LogP contribution is -2.21. The number of methoxy groups -OCH3 is 1. The van der Waals surface area contributed by atoms with Gasteiger partial charge < -0.3 is 19.1 Å². The maximum absolute atomic E-state index is 11.6. The lowest BCUT2D eigenvalue weighted by molar-refractivity contribution is 0.198. The predicted molar refractivity (Wildman–Crippen MR) is 79.8 cm³/mol. The van der Waals surface area contributed by atoms with Gasteiger partial charge in [-0.2, -0.15) is 0 Å². The van der Waals surface area contributed by atoms with E-state index in [1.54, 1.807) is 55.1 Å². The van der Waals surface area contributed by atoms with Gasteiger partial charge in [0.25, 0.3) is 5.56 Å². The highest BCUT2D eigenvalue weighted by Gasteiger charge is 2.08. The molecule has 21 heavy (non-hydrogen) atoms. The molecule has 1 atom stereocenters. The first kappa shape index (κ1) is 15.1. The molecule has 0 bridgehead atoms. The molecule has 112 valence electrons. The number of aromatic nitrogens is 1. The van der Waals surface area contributed by atoms with Crippen LogP contribution in [0.1, 0.15) is 18.6 Å². The van der Waals surface area contributed by atoms with Gasteiger partial charge in [-0.05, 0) is 30.7 Å². The summed E-state index contributed by atoms with van der Waals surface area (Å²) in [5.41, 5.74) is 0.705. The second-order valence-corrected chi connectivity index (χ2v) is 4.67. The van der Waals surface area contributed by atoms with E-state index in [1.807, 2.05) is 0 Å². The summed E-state index contributed by atoms with van der Waals surface area (Å²) in [6.45, 7) is 2.51. The van der Waals surface area contributed by atoms with Gasteiger partial charge in [0.1, 0.15) is 6.61 Å². The zero-order valence-corrected chi connectivity index (χ0v) is 12.2. The third kappa shape index (κ3) is 3.86. The van der Waals surface area contributed by atoms with Gasteiger partial charge in [0.2, 0.25) is 0 Å². The summed E-state index contributed by atoms with van der Waals surface area (Å²) >= 11 is 0. The topological polar surface area (TPSA) is 60.7 Å². The van der Waals surface area contributed by atoms with Crippen LogP contribution in [0.4, 0.5) is 0 Å². The number of pyridine rings is 1. The molecule has 0 aliphatic carbocycles. The van der Waals surface area contributed by atoms with Crippen LogP contribution in [0.3, 0.4) is 0 Å². The van der Waals surface area contributed by atoms with Crippen LogP contribution in [0.25, 0.3) is 0 Å². The first-order chi connectivity index (χ1) is 10.1. The molecule has 1 heterocycles. The van der Waals surface area contributed by atoms with E-state index in [2.05, 4.69) is 0 Å². The fourth-order valence-corrected chi connectivity index (χ4v) is 1.96. The molecule has 0 saturated heterocycles. The molecular formula is C16H19NO4. The van der Waals surface area contributed by atoms with E-state index in [1.165, 1.54) is 6.07 Å². The third-order valence-electron chi connectivity index (χ3n) is 3.16. The molecule has 0 saturated carbocycles. The normalized spacial score (nSPS) is 12.0. The lowest BCUT2D eigenvalue weighted by atomic mass is 10.1. The van der Waals surface area contributed by atoms with Crippen molar-refractivity contribution < 1.29 is 14.6 Å². The minimum absolute atomic E-state index is 0.0579. The number of ether oxygens (including phenoxy) is 2. The molecule has 0 unspecified atom stereocenters. The first-order valence-corrected chi connectivity index (χ1v) is 6.76. The monoisotopic (exact) mass is 289 g/mol. The van der Waals surface area contributed by atoms with Gasteiger partial charge in [-0.15, -0.1) is 0 Å². The first-order valence-electron chi connectivity index (χ1n) is 6.76. The molecule has 0 aliphatic rings. The van der Waals surface area contributed by atoms with Crippen LogP contribution in [0.2, 0.25) is 0 Å². The summed E-state index contributed by atoms with van der Waals surface area (Å²) < 4.78 is 12.5. The van der Waals surface area contributed by atoms with E-state index in [0.29, 0.717) is 24.7 Å². The molecule has 5 nitrogen and oxygen atoms in total. The third-order valence-corrected chi connectivity index (χ3v) is 3.16. The molecule has 1 aromatic heterocycles. The largest absolute Gasteiger partial charge is 0.493 e. The van der Waals surface area contributed by atoms with Crippen LogP contribution in [0.15, 0.2) is 47.4 Å². The summed E-state index contributed by atoms with van der Waals surface area (Å²) in [5, 5.41) is 9.56. The second kappa shape index (κ2) is 6.95. The van der Waals surface area contributed by atoms with Crippen molar-refractivity contribution in [1.29, 1.82) is 0 Å². The Labute approximate surface area is 123 Å². The fourth-order valence-electron chi connectivity index (χ4n) is 1.96. The van der Waals surface area contributed by atoms with Crippen LogP contribution in [0.5, 0.6) is 11.5 Å². The standard InChI is InChI=1S/C16H19NO4/c1-12(18)13-6-7-14(15(11-13)20-2)21-10-9-17-8-4-3-5-16(17)19/h3-8,11-12,18H,9-10H2,1-2H3/t12-/m0/s1. The molecule has 0 amide bonds. The summed E-state index contributed by atoms with van der Waals surface area (Å²) in [6.07, 6.45) is 1.16. The van der Waals surface area contributed by atoms with Gasteiger partial charge in [-0.1, -0.05) is 12.1 Å². The molecule has 1 aromatic carbocycles. The predicted octanol–water partition coefficient (Wildman–Crippen LogP) is 1.99. The Balaban J connectivity index is 2.03. The summed E-state index contributed by atoms with van der Waals surface area (Å²) in [5.74, 6) is 1.15. The van der Waals surface area contributed by atoms with Crippen molar-refractivity contribution in [3.05, 3.63) is 58.5 Å². The fraction of sp³-hybridized carbons (Fsp3) is 0.312. The van der Waals surface area contributed by atoms with Crippen molar-refractivity contribution in [2.24, 2.45) is 0 Å². The Bertz CT molecular complexity index is 649. The average molecular weight is 289 g/mol. The molecule has 0 spiro atoms. The Morgan fingerprint density at radius 3 is 2.71 bits per heavy atom. The number of benzene rings is 1. The Morgan fingerprint density at radius 2 is 2.05 bits per heavy atom. The molecular weight excluding hydrogens is 270 g/mol. The quantitative estimate of drug-likeness (QED) is 0.883. The van der Waals surface area contributed by atoms with E-state index in [-0.39, 0.29) is 5.56 Å². The number of hydrogen-bond acceptors (Lipinski definition) is 4. The maximum atomic E-state index is 11.6. The molecule has 1 N–H and O–H groups in total. The van der Waals surface area contributed by atoms with Crippen LogP contribution >= 0.6 is 0 Å². The van der Waals surface area contributed by atoms with E-state index in [9.17, 15) is 9.90 Å². The zero-order chi connectivity index (χ0) is 15.2. The van der Waals surface area contributed by atoms with Crippen molar-refractivity contribution in [3.8, 4) is 11.5 Å². The van der Waals surface area contributed by atoms with E-state index < -0.39 is 6.10 Å². The zero-order valence-electron chi connectivity index (χ0n) is 12.2. The second-order valence-electron chi connectivity index (χ2n) is 4.67. The van der Waals surface area contributed by atoms with Crippen LogP contribution in [-0.4, -0.2) is 23.4 Å².